The van der Waals surface area contributed by atoms with Crippen molar-refractivity contribution in [3.63, 3.8) is 0 Å². The van der Waals surface area contributed by atoms with E-state index in [1.165, 1.54) is 0 Å². The van der Waals surface area contributed by atoms with Gasteiger partial charge in [0.1, 0.15) is 0 Å². The molecular formula is C14H16N3O+. The maximum absolute atomic E-state index is 10.1. The molecule has 0 spiro atoms. The second-order valence-corrected chi connectivity index (χ2v) is 4.11. The summed E-state index contributed by atoms with van der Waals surface area (Å²) in [5.74, 6) is 0.776. The number of hydrogen-bond acceptors (Lipinski definition) is 2. The minimum Gasteiger partial charge on any atom is -0.502 e. The first-order chi connectivity index (χ1) is 8.59. The van der Waals surface area contributed by atoms with Crippen molar-refractivity contribution in [3.8, 4) is 0 Å². The molecule has 0 aliphatic rings. The number of benzene rings is 1. The molecule has 1 N–H and O–H groups in total. The van der Waals surface area contributed by atoms with Crippen molar-refractivity contribution < 1.29 is 9.67 Å². The molecular weight excluding hydrogens is 226 g/mol. The Kier molecular flexibility index (Phi) is 3.28. The maximum atomic E-state index is 10.1. The Balaban J connectivity index is 2.32. The van der Waals surface area contributed by atoms with E-state index in [0.29, 0.717) is 5.82 Å². The van der Waals surface area contributed by atoms with Gasteiger partial charge >= 0.3 is 5.82 Å². The number of aliphatic hydroxyl groups excluding tert-OH is 1. The lowest BCUT2D eigenvalue weighted by Gasteiger charge is -2.01. The van der Waals surface area contributed by atoms with Crippen LogP contribution in [-0.2, 0) is 14.1 Å². The molecule has 0 fully saturated rings. The van der Waals surface area contributed by atoms with Crippen molar-refractivity contribution in [2.75, 3.05) is 0 Å². The third-order valence-corrected chi connectivity index (χ3v) is 2.72. The Labute approximate surface area is 106 Å². The average molecular weight is 242 g/mol. The minimum atomic E-state index is 0.145. The van der Waals surface area contributed by atoms with Crippen LogP contribution < -0.4 is 4.57 Å². The molecule has 2 aromatic rings. The zero-order chi connectivity index (χ0) is 13.1. The summed E-state index contributed by atoms with van der Waals surface area (Å²) in [6, 6.07) is 9.73. The Hall–Kier alpha value is -2.36. The van der Waals surface area contributed by atoms with Crippen LogP contribution >= 0.6 is 0 Å². The second kappa shape index (κ2) is 4.87. The highest BCUT2D eigenvalue weighted by Crippen LogP contribution is 2.17. The smallest absolute Gasteiger partial charge is 0.302 e. The summed E-state index contributed by atoms with van der Waals surface area (Å²) >= 11 is 0. The molecule has 1 heterocycles. The van der Waals surface area contributed by atoms with Gasteiger partial charge in [0.15, 0.2) is 5.76 Å². The summed E-state index contributed by atoms with van der Waals surface area (Å²) in [6.07, 6.45) is 3.29. The zero-order valence-electron chi connectivity index (χ0n) is 10.5. The molecule has 4 nitrogen and oxygen atoms in total. The quantitative estimate of drug-likeness (QED) is 0.507. The lowest BCUT2D eigenvalue weighted by Crippen LogP contribution is -2.31. The van der Waals surface area contributed by atoms with Gasteiger partial charge in [-0.3, -0.25) is 0 Å². The lowest BCUT2D eigenvalue weighted by atomic mass is 10.1. The first kappa shape index (κ1) is 12.1. The molecule has 0 bridgehead atoms. The maximum Gasteiger partial charge on any atom is 0.302 e. The van der Waals surface area contributed by atoms with Crippen molar-refractivity contribution >= 4 is 11.3 Å². The number of aliphatic hydroxyl groups is 1. The first-order valence-corrected chi connectivity index (χ1v) is 5.62. The van der Waals surface area contributed by atoms with Crippen LogP contribution in [0.3, 0.4) is 0 Å². The SMILES string of the molecule is C=C(/C=C(\O)c1n(C)nc[n+]1C)c1ccccc1. The highest BCUT2D eigenvalue weighted by atomic mass is 16.3. The molecule has 0 atom stereocenters. The molecule has 2 rings (SSSR count). The summed E-state index contributed by atoms with van der Waals surface area (Å²) in [5, 5.41) is 14.2. The summed E-state index contributed by atoms with van der Waals surface area (Å²) < 4.78 is 3.37. The van der Waals surface area contributed by atoms with Gasteiger partial charge in [-0.25, -0.2) is 4.57 Å². The van der Waals surface area contributed by atoms with E-state index in [2.05, 4.69) is 11.7 Å². The van der Waals surface area contributed by atoms with E-state index < -0.39 is 0 Å². The van der Waals surface area contributed by atoms with Gasteiger partial charge in [-0.15, -0.1) is 4.68 Å². The molecule has 1 aromatic heterocycles. The summed E-state index contributed by atoms with van der Waals surface area (Å²) in [7, 11) is 3.61. The van der Waals surface area contributed by atoms with Crippen LogP contribution in [-0.4, -0.2) is 14.9 Å². The van der Waals surface area contributed by atoms with Crippen LogP contribution in [0, 0.1) is 0 Å². The van der Waals surface area contributed by atoms with E-state index in [1.807, 2.05) is 37.4 Å². The van der Waals surface area contributed by atoms with Crippen LogP contribution in [0.1, 0.15) is 11.4 Å². The van der Waals surface area contributed by atoms with E-state index in [0.717, 1.165) is 11.1 Å². The molecule has 1 aromatic carbocycles. The predicted octanol–water partition coefficient (Wildman–Crippen LogP) is 1.86. The van der Waals surface area contributed by atoms with E-state index in [9.17, 15) is 5.11 Å². The molecule has 0 aliphatic carbocycles. The lowest BCUT2D eigenvalue weighted by molar-refractivity contribution is -0.675. The molecule has 0 aliphatic heterocycles. The molecule has 0 saturated carbocycles. The van der Waals surface area contributed by atoms with E-state index in [1.54, 1.807) is 28.7 Å². The Morgan fingerprint density at radius 3 is 2.61 bits per heavy atom. The van der Waals surface area contributed by atoms with Gasteiger partial charge in [-0.05, 0) is 17.2 Å². The normalized spacial score (nSPS) is 11.6. The Morgan fingerprint density at radius 1 is 1.39 bits per heavy atom. The van der Waals surface area contributed by atoms with Crippen molar-refractivity contribution in [3.05, 3.63) is 60.7 Å². The number of nitrogens with zero attached hydrogens (tertiary/aromatic N) is 3. The van der Waals surface area contributed by atoms with Crippen LogP contribution in [0.2, 0.25) is 0 Å². The third kappa shape index (κ3) is 2.32. The van der Waals surface area contributed by atoms with Gasteiger partial charge in [-0.2, -0.15) is 0 Å². The number of allylic oxidation sites excluding steroid dienone is 2. The Bertz CT molecular complexity index is 577. The molecule has 0 radical (unpaired) electrons. The number of aromatic nitrogens is 3. The van der Waals surface area contributed by atoms with Gasteiger partial charge < -0.3 is 5.11 Å². The average Bonchev–Trinajstić information content (AvgIpc) is 2.70. The summed E-state index contributed by atoms with van der Waals surface area (Å²) in [5.41, 5.74) is 1.74. The van der Waals surface area contributed by atoms with Crippen molar-refractivity contribution in [1.82, 2.24) is 9.78 Å². The summed E-state index contributed by atoms with van der Waals surface area (Å²) in [6.45, 7) is 3.96. The van der Waals surface area contributed by atoms with E-state index >= 15 is 0 Å². The topological polar surface area (TPSA) is 41.9 Å². The van der Waals surface area contributed by atoms with Gasteiger partial charge in [-0.1, -0.05) is 36.9 Å². The second-order valence-electron chi connectivity index (χ2n) is 4.11. The molecule has 0 unspecified atom stereocenters. The van der Waals surface area contributed by atoms with Gasteiger partial charge in [0.05, 0.1) is 14.1 Å². The molecule has 0 saturated heterocycles. The third-order valence-electron chi connectivity index (χ3n) is 2.72. The monoisotopic (exact) mass is 242 g/mol. The van der Waals surface area contributed by atoms with E-state index in [4.69, 9.17) is 0 Å². The highest BCUT2D eigenvalue weighted by molar-refractivity contribution is 5.78. The van der Waals surface area contributed by atoms with Gasteiger partial charge in [0.2, 0.25) is 0 Å². The van der Waals surface area contributed by atoms with Crippen LogP contribution in [0.4, 0.5) is 0 Å². The van der Waals surface area contributed by atoms with Gasteiger partial charge in [0, 0.05) is 5.10 Å². The number of rotatable bonds is 3. The number of hydrogen-bond donors (Lipinski definition) is 1. The predicted molar refractivity (Wildman–Crippen MR) is 70.5 cm³/mol. The van der Waals surface area contributed by atoms with Crippen LogP contribution in [0.25, 0.3) is 11.3 Å². The fraction of sp³-hybridized carbons (Fsp3) is 0.143. The van der Waals surface area contributed by atoms with Crippen LogP contribution in [0.5, 0.6) is 0 Å². The Morgan fingerprint density at radius 2 is 2.06 bits per heavy atom. The molecule has 92 valence electrons. The molecule has 0 amide bonds. The zero-order valence-corrected chi connectivity index (χ0v) is 10.5. The first-order valence-electron chi connectivity index (χ1n) is 5.62. The highest BCUT2D eigenvalue weighted by Gasteiger charge is 2.17. The van der Waals surface area contributed by atoms with Gasteiger partial charge in [0.25, 0.3) is 6.33 Å². The standard InChI is InChI=1S/C14H15N3O/c1-11(12-7-5-4-6-8-12)9-13(18)14-16(2)10-15-17(14)3/h4-10H,1H2,2-3H3/p+1/b13-9-. The van der Waals surface area contributed by atoms with Crippen molar-refractivity contribution in [2.45, 2.75) is 0 Å². The summed E-state index contributed by atoms with van der Waals surface area (Å²) in [4.78, 5) is 0. The molecule has 4 heteroatoms. The fourth-order valence-electron chi connectivity index (χ4n) is 1.80. The van der Waals surface area contributed by atoms with E-state index in [-0.39, 0.29) is 5.76 Å². The largest absolute Gasteiger partial charge is 0.502 e. The van der Waals surface area contributed by atoms with Crippen molar-refractivity contribution in [2.24, 2.45) is 14.1 Å². The minimum absolute atomic E-state index is 0.145. The van der Waals surface area contributed by atoms with Crippen LogP contribution in [0.15, 0.2) is 49.3 Å². The molecule has 18 heavy (non-hydrogen) atoms. The van der Waals surface area contributed by atoms with Crippen molar-refractivity contribution in [1.29, 1.82) is 0 Å². The number of aryl methyl sites for hydroxylation is 2. The fourth-order valence-corrected chi connectivity index (χ4v) is 1.80.